The van der Waals surface area contributed by atoms with Gasteiger partial charge < -0.3 is 9.64 Å². The van der Waals surface area contributed by atoms with E-state index in [2.05, 4.69) is 19.7 Å². The van der Waals surface area contributed by atoms with Crippen molar-refractivity contribution in [3.63, 3.8) is 0 Å². The first-order chi connectivity index (χ1) is 12.6. The summed E-state index contributed by atoms with van der Waals surface area (Å²) in [7, 11) is 0. The molecule has 0 saturated carbocycles. The molecule has 0 saturated heterocycles. The highest BCUT2D eigenvalue weighted by atomic mass is 35.5. The fraction of sp³-hybridized carbons (Fsp3) is 0.619. The number of carbonyl (C=O) groups is 2. The number of hydrogen-bond donors (Lipinski definition) is 0. The van der Waals surface area contributed by atoms with Crippen molar-refractivity contribution in [3.8, 4) is 0 Å². The molecule has 6 heteroatoms. The Morgan fingerprint density at radius 1 is 0.963 bits per heavy atom. The molecule has 1 atom stereocenters. The second-order valence-corrected chi connectivity index (χ2v) is 8.07. The summed E-state index contributed by atoms with van der Waals surface area (Å²) in [5, 5.41) is 0. The van der Waals surface area contributed by atoms with Crippen LogP contribution in [0.2, 0.25) is 0 Å². The number of hydrogen-bond acceptors (Lipinski definition) is 3. The van der Waals surface area contributed by atoms with Crippen molar-refractivity contribution in [1.29, 1.82) is 0 Å². The molecule has 0 spiro atoms. The van der Waals surface area contributed by atoms with Crippen molar-refractivity contribution >= 4 is 35.1 Å². The van der Waals surface area contributed by atoms with Gasteiger partial charge in [-0.2, -0.15) is 0 Å². The maximum Gasteiger partial charge on any atom is 0.409 e. The van der Waals surface area contributed by atoms with Crippen LogP contribution < -0.4 is 0 Å². The second-order valence-electron chi connectivity index (χ2n) is 7.32. The van der Waals surface area contributed by atoms with Crippen LogP contribution in [0.5, 0.6) is 0 Å². The molecular formula is C21H33Cl2NO3. The molecule has 0 aliphatic heterocycles. The molecule has 1 unspecified atom stereocenters. The number of Topliss-reactive ketones (excluding diaryl/α,β-unsaturated/α-hetero) is 1. The van der Waals surface area contributed by atoms with Gasteiger partial charge in [-0.05, 0) is 38.7 Å². The van der Waals surface area contributed by atoms with E-state index in [1.807, 2.05) is 13.8 Å². The lowest BCUT2D eigenvalue weighted by Gasteiger charge is -2.31. The first-order valence-corrected chi connectivity index (χ1v) is 10.2. The molecule has 0 N–H and O–H groups in total. The predicted octanol–water partition coefficient (Wildman–Crippen LogP) is 5.75. The molecule has 1 amide bonds. The molecule has 0 aromatic heterocycles. The average molecular weight is 418 g/mol. The highest BCUT2D eigenvalue weighted by molar-refractivity contribution is 6.18. The molecule has 0 aromatic carbocycles. The molecular weight excluding hydrogens is 385 g/mol. The third-order valence-electron chi connectivity index (χ3n) is 4.58. The van der Waals surface area contributed by atoms with Gasteiger partial charge in [-0.25, -0.2) is 4.79 Å². The number of carbonyl (C=O) groups excluding carboxylic acids is 2. The average Bonchev–Trinajstić information content (AvgIpc) is 2.62. The Balaban J connectivity index is 5.01. The van der Waals surface area contributed by atoms with E-state index in [9.17, 15) is 9.59 Å². The number of amides is 1. The van der Waals surface area contributed by atoms with Gasteiger partial charge in [-0.15, -0.1) is 23.2 Å². The van der Waals surface area contributed by atoms with Gasteiger partial charge in [0.2, 0.25) is 0 Å². The van der Waals surface area contributed by atoms with Gasteiger partial charge in [-0.3, -0.25) is 4.79 Å². The topological polar surface area (TPSA) is 46.6 Å². The lowest BCUT2D eigenvalue weighted by atomic mass is 9.79. The number of alkyl halides is 2. The zero-order valence-electron chi connectivity index (χ0n) is 16.9. The number of halogens is 2. The molecule has 0 fully saturated rings. The Kier molecular flexibility index (Phi) is 12.4. The minimum atomic E-state index is -0.438. The van der Waals surface area contributed by atoms with Crippen molar-refractivity contribution in [1.82, 2.24) is 4.90 Å². The third kappa shape index (κ3) is 10.6. The highest BCUT2D eigenvalue weighted by Crippen LogP contribution is 2.33. The SMILES string of the molecule is C=C(C)C(=C)CCC(C)(CCC(=O)C(=C)C)COC(=O)N(CCCl)CCCl. The Morgan fingerprint density at radius 2 is 1.48 bits per heavy atom. The Bertz CT molecular complexity index is 522. The van der Waals surface area contributed by atoms with E-state index in [1.165, 1.54) is 4.90 Å². The van der Waals surface area contributed by atoms with Crippen molar-refractivity contribution in [2.45, 2.75) is 46.5 Å². The van der Waals surface area contributed by atoms with Crippen LogP contribution in [0, 0.1) is 5.41 Å². The summed E-state index contributed by atoms with van der Waals surface area (Å²) in [6.07, 6.45) is 2.00. The lowest BCUT2D eigenvalue weighted by Crippen LogP contribution is -2.37. The fourth-order valence-corrected chi connectivity index (χ4v) is 2.80. The van der Waals surface area contributed by atoms with Gasteiger partial charge in [-0.1, -0.05) is 37.8 Å². The maximum atomic E-state index is 12.3. The normalized spacial score (nSPS) is 12.8. The Labute approximate surface area is 174 Å². The quantitative estimate of drug-likeness (QED) is 0.205. The molecule has 0 aliphatic rings. The molecule has 0 aliphatic carbocycles. The number of allylic oxidation sites excluding steroid dienone is 3. The van der Waals surface area contributed by atoms with E-state index in [1.54, 1.807) is 6.92 Å². The second kappa shape index (κ2) is 13.0. The highest BCUT2D eigenvalue weighted by Gasteiger charge is 2.28. The summed E-state index contributed by atoms with van der Waals surface area (Å²) in [6.45, 7) is 18.2. The van der Waals surface area contributed by atoms with Gasteiger partial charge in [0.05, 0.1) is 6.61 Å². The lowest BCUT2D eigenvalue weighted by molar-refractivity contribution is -0.116. The zero-order chi connectivity index (χ0) is 21.0. The number of ether oxygens (including phenoxy) is 1. The van der Waals surface area contributed by atoms with Gasteiger partial charge in [0.15, 0.2) is 5.78 Å². The molecule has 27 heavy (non-hydrogen) atoms. The maximum absolute atomic E-state index is 12.3. The van der Waals surface area contributed by atoms with Crippen molar-refractivity contribution in [2.75, 3.05) is 31.5 Å². The zero-order valence-corrected chi connectivity index (χ0v) is 18.4. The monoisotopic (exact) mass is 417 g/mol. The largest absolute Gasteiger partial charge is 0.449 e. The van der Waals surface area contributed by atoms with Crippen LogP contribution in [-0.2, 0) is 9.53 Å². The Hall–Kier alpha value is -1.26. The van der Waals surface area contributed by atoms with Gasteiger partial charge >= 0.3 is 6.09 Å². The van der Waals surface area contributed by atoms with E-state index in [-0.39, 0.29) is 17.8 Å². The summed E-state index contributed by atoms with van der Waals surface area (Å²) in [5.74, 6) is 0.654. The van der Waals surface area contributed by atoms with E-state index in [0.29, 0.717) is 43.3 Å². The van der Waals surface area contributed by atoms with Crippen molar-refractivity contribution in [2.24, 2.45) is 5.41 Å². The summed E-state index contributed by atoms with van der Waals surface area (Å²) in [5.41, 5.74) is 2.08. The summed E-state index contributed by atoms with van der Waals surface area (Å²) in [6, 6.07) is 0. The number of nitrogens with zero attached hydrogens (tertiary/aromatic N) is 1. The van der Waals surface area contributed by atoms with Gasteiger partial charge in [0.25, 0.3) is 0 Å². The summed E-state index contributed by atoms with van der Waals surface area (Å²) in [4.78, 5) is 25.8. The van der Waals surface area contributed by atoms with Crippen molar-refractivity contribution in [3.05, 3.63) is 36.5 Å². The van der Waals surface area contributed by atoms with E-state index < -0.39 is 6.09 Å². The predicted molar refractivity (Wildman–Crippen MR) is 115 cm³/mol. The van der Waals surface area contributed by atoms with Crippen LogP contribution in [0.15, 0.2) is 36.5 Å². The van der Waals surface area contributed by atoms with Crippen LogP contribution in [-0.4, -0.2) is 48.2 Å². The molecule has 0 rings (SSSR count). The molecule has 0 radical (unpaired) electrons. The fourth-order valence-electron chi connectivity index (χ4n) is 2.39. The smallest absolute Gasteiger partial charge is 0.409 e. The first kappa shape index (κ1) is 25.7. The van der Waals surface area contributed by atoms with Gasteiger partial charge in [0, 0.05) is 36.7 Å². The molecule has 4 nitrogen and oxygen atoms in total. The summed E-state index contributed by atoms with van der Waals surface area (Å²) < 4.78 is 5.54. The molecule has 0 aromatic rings. The van der Waals surface area contributed by atoms with E-state index in [4.69, 9.17) is 27.9 Å². The standard InChI is InChI=1S/C21H33Cl2NO3/c1-16(2)18(5)7-9-21(6,10-8-19(25)17(3)4)15-27-20(26)24(13-11-22)14-12-23/h1,3,5,7-15H2,2,4,6H3. The van der Waals surface area contributed by atoms with Crippen LogP contribution >= 0.6 is 23.2 Å². The number of ketones is 1. The van der Waals surface area contributed by atoms with Crippen molar-refractivity contribution < 1.29 is 14.3 Å². The van der Waals surface area contributed by atoms with Crippen LogP contribution in [0.1, 0.15) is 46.5 Å². The number of rotatable bonds is 14. The summed E-state index contributed by atoms with van der Waals surface area (Å²) >= 11 is 11.5. The van der Waals surface area contributed by atoms with E-state index >= 15 is 0 Å². The molecule has 154 valence electrons. The third-order valence-corrected chi connectivity index (χ3v) is 4.91. The minimum absolute atomic E-state index is 0.0252. The van der Waals surface area contributed by atoms with Crippen LogP contribution in [0.4, 0.5) is 4.79 Å². The first-order valence-electron chi connectivity index (χ1n) is 9.12. The van der Waals surface area contributed by atoms with Crippen LogP contribution in [0.3, 0.4) is 0 Å². The van der Waals surface area contributed by atoms with Gasteiger partial charge in [0.1, 0.15) is 0 Å². The van der Waals surface area contributed by atoms with E-state index in [0.717, 1.165) is 24.0 Å². The minimum Gasteiger partial charge on any atom is -0.449 e. The molecule has 0 heterocycles. The molecule has 0 bridgehead atoms. The van der Waals surface area contributed by atoms with Crippen LogP contribution in [0.25, 0.3) is 0 Å². The Morgan fingerprint density at radius 3 is 1.93 bits per heavy atom.